The summed E-state index contributed by atoms with van der Waals surface area (Å²) in [7, 11) is -4.31. The highest BCUT2D eigenvalue weighted by Gasteiger charge is 2.27. The number of amides is 1. The standard InChI is InChI=1S/C51H105N2O6P/c1-3-5-7-9-11-13-15-17-19-20-21-22-23-24-25-26-27-28-29-31-33-35-37-39-41-43-45-51(55)53-49(48-59-60(56,57)58-47-46-52)50(54)44-42-40-38-36-34-32-30-18-16-14-12-10-8-6-4-2/h49-50,54H,3-48,52H2,1-2H3,(H,53,55)(H,56,57)/t49-,50+/m0/s1. The molecule has 0 saturated carbocycles. The Balaban J connectivity index is 3.91. The Labute approximate surface area is 373 Å². The molecule has 0 bridgehead atoms. The number of aliphatic hydroxyl groups is 1. The highest BCUT2D eigenvalue weighted by atomic mass is 31.2. The molecule has 0 aliphatic carbocycles. The zero-order valence-corrected chi connectivity index (χ0v) is 41.1. The van der Waals surface area contributed by atoms with Crippen LogP contribution in [0.15, 0.2) is 0 Å². The second-order valence-electron chi connectivity index (χ2n) is 18.5. The lowest BCUT2D eigenvalue weighted by Gasteiger charge is -2.25. The average Bonchev–Trinajstić information content (AvgIpc) is 3.24. The van der Waals surface area contributed by atoms with E-state index in [2.05, 4.69) is 19.2 Å². The number of carbonyl (C=O) groups excluding carboxylic acids is 1. The number of hydrogen-bond donors (Lipinski definition) is 4. The van der Waals surface area contributed by atoms with E-state index >= 15 is 0 Å². The number of phosphoric acid groups is 1. The maximum Gasteiger partial charge on any atom is 0.472 e. The van der Waals surface area contributed by atoms with E-state index in [1.54, 1.807) is 0 Å². The fourth-order valence-corrected chi connectivity index (χ4v) is 9.19. The summed E-state index contributed by atoms with van der Waals surface area (Å²) in [6, 6.07) is -0.768. The van der Waals surface area contributed by atoms with Crippen molar-refractivity contribution in [1.29, 1.82) is 0 Å². The quantitative estimate of drug-likeness (QED) is 0.0354. The van der Waals surface area contributed by atoms with Crippen LogP contribution in [0.4, 0.5) is 0 Å². The third-order valence-corrected chi connectivity index (χ3v) is 13.4. The second kappa shape index (κ2) is 48.0. The van der Waals surface area contributed by atoms with Gasteiger partial charge >= 0.3 is 7.82 Å². The molecule has 0 aliphatic heterocycles. The molecule has 0 heterocycles. The van der Waals surface area contributed by atoms with Crippen molar-refractivity contribution < 1.29 is 28.4 Å². The minimum absolute atomic E-state index is 0.0928. The lowest BCUT2D eigenvalue weighted by atomic mass is 10.0. The van der Waals surface area contributed by atoms with Crippen molar-refractivity contribution in [1.82, 2.24) is 5.32 Å². The molecule has 360 valence electrons. The average molecular weight is 873 g/mol. The van der Waals surface area contributed by atoms with Gasteiger partial charge in [0.1, 0.15) is 0 Å². The van der Waals surface area contributed by atoms with Crippen molar-refractivity contribution in [3.05, 3.63) is 0 Å². The van der Waals surface area contributed by atoms with Gasteiger partial charge in [-0.05, 0) is 12.8 Å². The number of hydrogen-bond acceptors (Lipinski definition) is 6. The van der Waals surface area contributed by atoms with Crippen molar-refractivity contribution in [2.45, 2.75) is 302 Å². The number of unbranched alkanes of at least 4 members (excludes halogenated alkanes) is 39. The summed E-state index contributed by atoms with van der Waals surface area (Å²) in [5.41, 5.74) is 5.40. The highest BCUT2D eigenvalue weighted by molar-refractivity contribution is 7.47. The van der Waals surface area contributed by atoms with Gasteiger partial charge in [-0.3, -0.25) is 13.8 Å². The number of rotatable bonds is 51. The molecular weight excluding hydrogens is 768 g/mol. The molecule has 60 heavy (non-hydrogen) atoms. The van der Waals surface area contributed by atoms with E-state index in [0.717, 1.165) is 38.5 Å². The van der Waals surface area contributed by atoms with Gasteiger partial charge in [-0.25, -0.2) is 4.57 Å². The van der Waals surface area contributed by atoms with Crippen LogP contribution in [0.25, 0.3) is 0 Å². The lowest BCUT2D eigenvalue weighted by Crippen LogP contribution is -2.46. The first-order valence-corrected chi connectivity index (χ1v) is 28.1. The Morgan fingerprint density at radius 1 is 0.483 bits per heavy atom. The number of carbonyl (C=O) groups is 1. The molecule has 0 aliphatic rings. The molecule has 0 rings (SSSR count). The zero-order chi connectivity index (χ0) is 43.9. The molecule has 0 fully saturated rings. The van der Waals surface area contributed by atoms with E-state index < -0.39 is 20.0 Å². The van der Waals surface area contributed by atoms with Gasteiger partial charge in [0.05, 0.1) is 25.4 Å². The van der Waals surface area contributed by atoms with E-state index in [4.69, 9.17) is 14.8 Å². The van der Waals surface area contributed by atoms with Crippen LogP contribution in [-0.4, -0.2) is 47.8 Å². The normalized spacial score (nSPS) is 13.8. The third kappa shape index (κ3) is 45.5. The maximum absolute atomic E-state index is 12.8. The van der Waals surface area contributed by atoms with E-state index in [1.165, 1.54) is 225 Å². The Kier molecular flexibility index (Phi) is 47.6. The van der Waals surface area contributed by atoms with Gasteiger partial charge in [0.2, 0.25) is 5.91 Å². The zero-order valence-electron chi connectivity index (χ0n) is 40.2. The minimum Gasteiger partial charge on any atom is -0.391 e. The third-order valence-electron chi connectivity index (χ3n) is 12.5. The van der Waals surface area contributed by atoms with Crippen LogP contribution >= 0.6 is 7.82 Å². The molecule has 9 heteroatoms. The smallest absolute Gasteiger partial charge is 0.391 e. The molecule has 1 amide bonds. The highest BCUT2D eigenvalue weighted by Crippen LogP contribution is 2.43. The van der Waals surface area contributed by atoms with Gasteiger partial charge < -0.3 is 21.1 Å². The molecule has 8 nitrogen and oxygen atoms in total. The van der Waals surface area contributed by atoms with Crippen LogP contribution in [0.3, 0.4) is 0 Å². The summed E-state index contributed by atoms with van der Waals surface area (Å²) in [6.07, 6.45) is 54.2. The monoisotopic (exact) mass is 873 g/mol. The predicted octanol–water partition coefficient (Wildman–Crippen LogP) is 15.7. The summed E-state index contributed by atoms with van der Waals surface area (Å²) in [5, 5.41) is 13.9. The van der Waals surface area contributed by atoms with Crippen LogP contribution in [0.1, 0.15) is 290 Å². The Hall–Kier alpha value is -0.500. The van der Waals surface area contributed by atoms with Gasteiger partial charge in [0.25, 0.3) is 0 Å². The molecule has 0 aromatic rings. The van der Waals surface area contributed by atoms with E-state index in [-0.39, 0.29) is 25.7 Å². The maximum atomic E-state index is 12.8. The molecule has 0 aromatic heterocycles. The molecule has 0 saturated heterocycles. The number of aliphatic hydroxyl groups excluding tert-OH is 1. The van der Waals surface area contributed by atoms with Crippen LogP contribution in [0.5, 0.6) is 0 Å². The second-order valence-corrected chi connectivity index (χ2v) is 19.9. The fraction of sp³-hybridized carbons (Fsp3) is 0.980. The first-order valence-electron chi connectivity index (χ1n) is 26.7. The van der Waals surface area contributed by atoms with Gasteiger partial charge in [-0.2, -0.15) is 0 Å². The number of phosphoric ester groups is 1. The summed E-state index contributed by atoms with van der Waals surface area (Å²) < 4.78 is 22.3. The molecular formula is C51H105N2O6P. The Morgan fingerprint density at radius 3 is 1.07 bits per heavy atom. The van der Waals surface area contributed by atoms with Gasteiger partial charge in [-0.15, -0.1) is 0 Å². The molecule has 0 radical (unpaired) electrons. The predicted molar refractivity (Wildman–Crippen MR) is 259 cm³/mol. The molecule has 0 aromatic carbocycles. The van der Waals surface area contributed by atoms with Crippen molar-refractivity contribution >= 4 is 13.7 Å². The van der Waals surface area contributed by atoms with Crippen molar-refractivity contribution in [2.75, 3.05) is 19.8 Å². The summed E-state index contributed by atoms with van der Waals surface area (Å²) >= 11 is 0. The van der Waals surface area contributed by atoms with E-state index in [0.29, 0.717) is 12.8 Å². The van der Waals surface area contributed by atoms with Crippen LogP contribution < -0.4 is 11.1 Å². The van der Waals surface area contributed by atoms with Gasteiger partial charge in [0, 0.05) is 13.0 Å². The first-order chi connectivity index (χ1) is 29.4. The number of nitrogens with two attached hydrogens (primary N) is 1. The van der Waals surface area contributed by atoms with Crippen molar-refractivity contribution in [2.24, 2.45) is 5.73 Å². The Morgan fingerprint density at radius 2 is 0.767 bits per heavy atom. The molecule has 0 spiro atoms. The largest absolute Gasteiger partial charge is 0.472 e. The van der Waals surface area contributed by atoms with Gasteiger partial charge in [0.15, 0.2) is 0 Å². The van der Waals surface area contributed by atoms with Crippen molar-refractivity contribution in [3.63, 3.8) is 0 Å². The topological polar surface area (TPSA) is 131 Å². The van der Waals surface area contributed by atoms with Crippen molar-refractivity contribution in [3.8, 4) is 0 Å². The van der Waals surface area contributed by atoms with E-state index in [9.17, 15) is 19.4 Å². The van der Waals surface area contributed by atoms with Crippen LogP contribution in [0.2, 0.25) is 0 Å². The minimum atomic E-state index is -4.31. The molecule has 3 atom stereocenters. The van der Waals surface area contributed by atoms with Gasteiger partial charge in [-0.1, -0.05) is 271 Å². The lowest BCUT2D eigenvalue weighted by molar-refractivity contribution is -0.123. The first kappa shape index (κ1) is 59.5. The Bertz CT molecular complexity index is 911. The van der Waals surface area contributed by atoms with Crippen LogP contribution in [-0.2, 0) is 18.4 Å². The summed E-state index contributed by atoms with van der Waals surface area (Å²) in [5.74, 6) is -0.154. The number of nitrogens with one attached hydrogen (secondary N) is 1. The SMILES string of the molecule is CCCCCCCCCCCCCCCCCCCCCCCCCCCCC(=O)N[C@@H](COP(=O)(O)OCCN)[C@H](O)CCCCCCCCCCCCCCCCC. The summed E-state index contributed by atoms with van der Waals surface area (Å²) in [4.78, 5) is 22.8. The summed E-state index contributed by atoms with van der Waals surface area (Å²) in [6.45, 7) is 4.26. The molecule has 1 unspecified atom stereocenters. The molecule has 5 N–H and O–H groups in total. The fourth-order valence-electron chi connectivity index (χ4n) is 8.44. The van der Waals surface area contributed by atoms with Crippen LogP contribution in [0, 0.1) is 0 Å². The van der Waals surface area contributed by atoms with E-state index in [1.807, 2.05) is 0 Å².